The zero-order valence-electron chi connectivity index (χ0n) is 17.2. The van der Waals surface area contributed by atoms with Gasteiger partial charge in [0.25, 0.3) is 15.9 Å². The predicted octanol–water partition coefficient (Wildman–Crippen LogP) is 5.80. The molecule has 0 atom stereocenters. The monoisotopic (exact) mass is 529 g/mol. The van der Waals surface area contributed by atoms with Crippen molar-refractivity contribution in [3.63, 3.8) is 0 Å². The van der Waals surface area contributed by atoms with Crippen LogP contribution in [0.2, 0.25) is 10.0 Å². The number of alkyl halides is 3. The van der Waals surface area contributed by atoms with Crippen molar-refractivity contribution in [1.82, 2.24) is 4.98 Å². The van der Waals surface area contributed by atoms with Crippen LogP contribution in [0.4, 0.5) is 24.5 Å². The summed E-state index contributed by atoms with van der Waals surface area (Å²) in [7, 11) is -4.33. The van der Waals surface area contributed by atoms with Crippen molar-refractivity contribution in [2.24, 2.45) is 0 Å². The van der Waals surface area contributed by atoms with Crippen LogP contribution >= 0.6 is 23.2 Å². The molecule has 2 heterocycles. The summed E-state index contributed by atoms with van der Waals surface area (Å²) in [5, 5.41) is 2.85. The Morgan fingerprint density at radius 3 is 2.41 bits per heavy atom. The van der Waals surface area contributed by atoms with Gasteiger partial charge in [0, 0.05) is 6.54 Å². The summed E-state index contributed by atoms with van der Waals surface area (Å²) in [6, 6.07) is 9.54. The van der Waals surface area contributed by atoms with E-state index >= 15 is 0 Å². The van der Waals surface area contributed by atoms with Crippen LogP contribution in [0.5, 0.6) is 0 Å². The van der Waals surface area contributed by atoms with Gasteiger partial charge in [-0.2, -0.15) is 13.2 Å². The van der Waals surface area contributed by atoms with Crippen LogP contribution in [0.15, 0.2) is 59.6 Å². The van der Waals surface area contributed by atoms with E-state index in [9.17, 15) is 26.4 Å². The van der Waals surface area contributed by atoms with Crippen molar-refractivity contribution in [3.05, 3.63) is 81.6 Å². The predicted molar refractivity (Wildman–Crippen MR) is 123 cm³/mol. The number of sulfonamides is 1. The topological polar surface area (TPSA) is 79.4 Å². The van der Waals surface area contributed by atoms with Gasteiger partial charge in [0.15, 0.2) is 0 Å². The summed E-state index contributed by atoms with van der Waals surface area (Å²) in [5.41, 5.74) is -0.244. The molecular formula is C22H16Cl2F3N3O3S. The normalized spacial score (nSPS) is 14.0. The second-order valence-corrected chi connectivity index (χ2v) is 10.1. The van der Waals surface area contributed by atoms with Gasteiger partial charge in [-0.3, -0.25) is 14.1 Å². The van der Waals surface area contributed by atoms with Crippen molar-refractivity contribution in [1.29, 1.82) is 0 Å². The summed E-state index contributed by atoms with van der Waals surface area (Å²) in [5.74, 6) is -0.625. The Morgan fingerprint density at radius 1 is 1.06 bits per heavy atom. The van der Waals surface area contributed by atoms with Gasteiger partial charge in [0.05, 0.1) is 49.3 Å². The molecule has 0 unspecified atom stereocenters. The molecule has 3 aromatic rings. The number of nitrogens with zero attached hydrogens (tertiary/aromatic N) is 2. The number of benzene rings is 2. The van der Waals surface area contributed by atoms with E-state index in [4.69, 9.17) is 23.2 Å². The molecule has 1 aromatic heterocycles. The van der Waals surface area contributed by atoms with E-state index in [0.29, 0.717) is 24.6 Å². The van der Waals surface area contributed by atoms with Crippen molar-refractivity contribution in [2.75, 3.05) is 16.2 Å². The Bertz CT molecular complexity index is 1360. The number of hydrogen-bond donors (Lipinski definition) is 1. The molecule has 0 saturated heterocycles. The van der Waals surface area contributed by atoms with Crippen LogP contribution in [-0.4, -0.2) is 25.9 Å². The number of aromatic nitrogens is 1. The van der Waals surface area contributed by atoms with Crippen molar-refractivity contribution in [2.45, 2.75) is 23.9 Å². The first-order valence-electron chi connectivity index (χ1n) is 9.93. The third-order valence-corrected chi connectivity index (χ3v) is 7.63. The lowest BCUT2D eigenvalue weighted by atomic mass is 10.1. The minimum atomic E-state index is -4.69. The lowest BCUT2D eigenvalue weighted by Crippen LogP contribution is -2.36. The number of rotatable bonds is 4. The number of amides is 1. The van der Waals surface area contributed by atoms with Gasteiger partial charge >= 0.3 is 6.18 Å². The SMILES string of the molecule is O=C(Nc1cnc2c(c1)N(S(=O)(=O)c1cccc(C(F)(F)F)c1)CCC2)c1c(Cl)cccc1Cl. The summed E-state index contributed by atoms with van der Waals surface area (Å²) in [6.07, 6.45) is -2.43. The van der Waals surface area contributed by atoms with Gasteiger partial charge in [-0.1, -0.05) is 35.3 Å². The number of carbonyl (C=O) groups is 1. The average molecular weight is 530 g/mol. The minimum absolute atomic E-state index is 0.0389. The zero-order chi connectivity index (χ0) is 24.7. The van der Waals surface area contributed by atoms with E-state index < -0.39 is 32.6 Å². The van der Waals surface area contributed by atoms with Crippen LogP contribution in [0.3, 0.4) is 0 Å². The molecule has 0 aliphatic carbocycles. The van der Waals surface area contributed by atoms with Gasteiger partial charge in [-0.05, 0) is 49.2 Å². The number of anilines is 2. The van der Waals surface area contributed by atoms with E-state index in [-0.39, 0.29) is 33.5 Å². The fraction of sp³-hybridized carbons (Fsp3) is 0.182. The second-order valence-electron chi connectivity index (χ2n) is 7.45. The van der Waals surface area contributed by atoms with Crippen molar-refractivity contribution < 1.29 is 26.4 Å². The highest BCUT2D eigenvalue weighted by Crippen LogP contribution is 2.35. The molecule has 0 spiro atoms. The van der Waals surface area contributed by atoms with Gasteiger partial charge < -0.3 is 5.32 Å². The highest BCUT2D eigenvalue weighted by Gasteiger charge is 2.34. The van der Waals surface area contributed by atoms with Gasteiger partial charge in [0.1, 0.15) is 0 Å². The first kappa shape index (κ1) is 24.3. The van der Waals surface area contributed by atoms with Crippen LogP contribution < -0.4 is 9.62 Å². The summed E-state index contributed by atoms with van der Waals surface area (Å²) in [4.78, 5) is 16.5. The lowest BCUT2D eigenvalue weighted by Gasteiger charge is -2.30. The molecule has 34 heavy (non-hydrogen) atoms. The smallest absolute Gasteiger partial charge is 0.320 e. The quantitative estimate of drug-likeness (QED) is 0.463. The number of pyridine rings is 1. The second kappa shape index (κ2) is 9.09. The highest BCUT2D eigenvalue weighted by molar-refractivity contribution is 7.92. The number of hydrogen-bond acceptors (Lipinski definition) is 4. The van der Waals surface area contributed by atoms with Crippen molar-refractivity contribution in [3.8, 4) is 0 Å². The molecule has 0 saturated carbocycles. The molecule has 0 bridgehead atoms. The van der Waals surface area contributed by atoms with Gasteiger partial charge in [0.2, 0.25) is 0 Å². The molecule has 2 aromatic carbocycles. The van der Waals surface area contributed by atoms with E-state index in [0.717, 1.165) is 22.5 Å². The fourth-order valence-electron chi connectivity index (χ4n) is 3.59. The van der Waals surface area contributed by atoms with Crippen LogP contribution in [0.1, 0.15) is 28.0 Å². The average Bonchev–Trinajstić information content (AvgIpc) is 2.78. The molecule has 0 fully saturated rings. The lowest BCUT2D eigenvalue weighted by molar-refractivity contribution is -0.137. The number of fused-ring (bicyclic) bond motifs is 1. The summed E-state index contributed by atoms with van der Waals surface area (Å²) in [6.45, 7) is 0.0427. The maximum Gasteiger partial charge on any atom is 0.416 e. The molecule has 1 aliphatic heterocycles. The molecule has 1 aliphatic rings. The Balaban J connectivity index is 1.70. The van der Waals surface area contributed by atoms with Crippen LogP contribution in [-0.2, 0) is 22.6 Å². The van der Waals surface area contributed by atoms with E-state index in [1.54, 1.807) is 6.07 Å². The summed E-state index contributed by atoms with van der Waals surface area (Å²) < 4.78 is 67.0. The largest absolute Gasteiger partial charge is 0.416 e. The zero-order valence-corrected chi connectivity index (χ0v) is 19.6. The minimum Gasteiger partial charge on any atom is -0.320 e. The molecule has 0 radical (unpaired) electrons. The van der Waals surface area contributed by atoms with E-state index in [1.165, 1.54) is 24.4 Å². The number of aryl methyl sites for hydroxylation is 1. The Kier molecular flexibility index (Phi) is 6.50. The number of halogens is 5. The van der Waals surface area contributed by atoms with Crippen LogP contribution in [0.25, 0.3) is 0 Å². The maximum absolute atomic E-state index is 13.3. The van der Waals surface area contributed by atoms with E-state index in [1.807, 2.05) is 0 Å². The first-order chi connectivity index (χ1) is 16.0. The molecule has 4 rings (SSSR count). The third kappa shape index (κ3) is 4.70. The standard InChI is InChI=1S/C22H16Cl2F3N3O3S/c23-16-6-2-7-17(24)20(16)21(31)29-14-11-19-18(28-12-14)8-3-9-30(19)34(32,33)15-5-1-4-13(10-15)22(25,26)27/h1-2,4-7,10-12H,3,8-9H2,(H,29,31). The Labute approximate surface area is 203 Å². The Morgan fingerprint density at radius 2 is 1.74 bits per heavy atom. The van der Waals surface area contributed by atoms with Crippen LogP contribution in [0, 0.1) is 0 Å². The number of carbonyl (C=O) groups excluding carboxylic acids is 1. The molecule has 1 N–H and O–H groups in total. The Hall–Kier alpha value is -2.82. The third-order valence-electron chi connectivity index (χ3n) is 5.19. The molecular weight excluding hydrogens is 514 g/mol. The first-order valence-corrected chi connectivity index (χ1v) is 12.1. The van der Waals surface area contributed by atoms with Crippen molar-refractivity contribution >= 4 is 50.5 Å². The molecule has 178 valence electrons. The highest BCUT2D eigenvalue weighted by atomic mass is 35.5. The number of nitrogens with one attached hydrogen (secondary N) is 1. The maximum atomic E-state index is 13.3. The van der Waals surface area contributed by atoms with Gasteiger partial charge in [-0.25, -0.2) is 8.42 Å². The fourth-order valence-corrected chi connectivity index (χ4v) is 5.72. The molecule has 12 heteroatoms. The van der Waals surface area contributed by atoms with Gasteiger partial charge in [-0.15, -0.1) is 0 Å². The summed E-state index contributed by atoms with van der Waals surface area (Å²) >= 11 is 12.1. The molecule has 6 nitrogen and oxygen atoms in total. The van der Waals surface area contributed by atoms with E-state index in [2.05, 4.69) is 10.3 Å². The molecule has 1 amide bonds.